The molecule has 6 heteroatoms. The maximum Gasteiger partial charge on any atom is 0.335 e. The smallest absolute Gasteiger partial charge is 0.335 e. The fraction of sp³-hybridized carbons (Fsp3) is 0.261. The first-order valence-electron chi connectivity index (χ1n) is 9.53. The highest BCUT2D eigenvalue weighted by atomic mass is 16.6. The number of rotatable bonds is 3. The molecular formula is C23H22N2O4. The van der Waals surface area contributed by atoms with Crippen molar-refractivity contribution in [3.05, 3.63) is 92.7 Å². The molecule has 1 heterocycles. The maximum atomic E-state index is 13.3. The fourth-order valence-electron chi connectivity index (χ4n) is 4.33. The van der Waals surface area contributed by atoms with Crippen LogP contribution in [0.5, 0.6) is 5.75 Å². The van der Waals surface area contributed by atoms with Gasteiger partial charge in [-0.15, -0.1) is 0 Å². The number of hydrogen-bond donors (Lipinski definition) is 0. The zero-order chi connectivity index (χ0) is 20.7. The van der Waals surface area contributed by atoms with Crippen molar-refractivity contribution in [1.82, 2.24) is 4.90 Å². The molecule has 0 saturated heterocycles. The van der Waals surface area contributed by atoms with E-state index in [1.54, 1.807) is 13.8 Å². The average molecular weight is 390 g/mol. The van der Waals surface area contributed by atoms with Gasteiger partial charge in [-0.3, -0.25) is 10.1 Å². The molecule has 0 fully saturated rings. The summed E-state index contributed by atoms with van der Waals surface area (Å²) >= 11 is 0. The summed E-state index contributed by atoms with van der Waals surface area (Å²) in [5, 5.41) is 11.1. The Kier molecular flexibility index (Phi) is 4.70. The van der Waals surface area contributed by atoms with Gasteiger partial charge in [-0.2, -0.15) is 0 Å². The molecule has 29 heavy (non-hydrogen) atoms. The number of ether oxygens (including phenoxy) is 1. The number of carbonyl (C=O) groups excluding carboxylic acids is 1. The molecule has 6 nitrogen and oxygen atoms in total. The monoisotopic (exact) mass is 390 g/mol. The Bertz CT molecular complexity index is 1040. The molecule has 4 rings (SSSR count). The van der Waals surface area contributed by atoms with Crippen LogP contribution in [-0.2, 0) is 4.79 Å². The molecule has 1 aromatic rings. The lowest BCUT2D eigenvalue weighted by molar-refractivity contribution is -0.385. The minimum Gasteiger partial charge on any atom is -0.424 e. The average Bonchev–Trinajstić information content (AvgIpc) is 2.70. The minimum absolute atomic E-state index is 0.0102. The quantitative estimate of drug-likeness (QED) is 0.333. The van der Waals surface area contributed by atoms with E-state index in [2.05, 4.69) is 12.2 Å². The summed E-state index contributed by atoms with van der Waals surface area (Å²) in [4.78, 5) is 25.9. The molecule has 3 aliphatic rings. The fourth-order valence-corrected chi connectivity index (χ4v) is 4.33. The molecule has 1 aliphatic heterocycles. The zero-order valence-corrected chi connectivity index (χ0v) is 16.6. The summed E-state index contributed by atoms with van der Waals surface area (Å²) in [5.74, 6) is -0.0857. The molecule has 2 atom stereocenters. The van der Waals surface area contributed by atoms with Crippen LogP contribution in [0.15, 0.2) is 71.5 Å². The van der Waals surface area contributed by atoms with E-state index < -0.39 is 11.0 Å². The Labute approximate surface area is 169 Å². The molecule has 0 saturated carbocycles. The molecule has 0 N–H and O–H groups in total. The molecule has 0 bridgehead atoms. The molecule has 1 aromatic carbocycles. The first-order valence-corrected chi connectivity index (χ1v) is 9.53. The standard InChI is InChI=1S/C23H22N2O4/c1-14-12-16(25(27)28)13-15(2)22(14)29-23(26)21-19-10-5-4-8-17(19)18-9-6-7-11-20(18)24(21)3/h4-8,10-13,19,21H,9H2,1-3H3. The van der Waals surface area contributed by atoms with Crippen molar-refractivity contribution in [2.75, 3.05) is 7.05 Å². The molecule has 0 aromatic heterocycles. The number of benzene rings is 1. The summed E-state index contributed by atoms with van der Waals surface area (Å²) in [6, 6.07) is 2.35. The van der Waals surface area contributed by atoms with Crippen molar-refractivity contribution >= 4 is 11.7 Å². The summed E-state index contributed by atoms with van der Waals surface area (Å²) in [7, 11) is 1.91. The molecule has 148 valence electrons. The first-order chi connectivity index (χ1) is 13.9. The van der Waals surface area contributed by atoms with E-state index in [4.69, 9.17) is 4.74 Å². The van der Waals surface area contributed by atoms with Gasteiger partial charge in [0.2, 0.25) is 0 Å². The molecule has 0 spiro atoms. The lowest BCUT2D eigenvalue weighted by Gasteiger charge is -2.42. The summed E-state index contributed by atoms with van der Waals surface area (Å²) in [6.07, 6.45) is 15.0. The van der Waals surface area contributed by atoms with Crippen LogP contribution in [0.2, 0.25) is 0 Å². The largest absolute Gasteiger partial charge is 0.424 e. The topological polar surface area (TPSA) is 72.7 Å². The molecular weight excluding hydrogens is 368 g/mol. The van der Waals surface area contributed by atoms with E-state index >= 15 is 0 Å². The van der Waals surface area contributed by atoms with E-state index in [0.717, 1.165) is 17.7 Å². The molecule has 0 amide bonds. The van der Waals surface area contributed by atoms with Gasteiger partial charge in [-0.25, -0.2) is 4.79 Å². The number of fused-ring (bicyclic) bond motifs is 2. The number of nitrogens with zero attached hydrogens (tertiary/aromatic N) is 2. The summed E-state index contributed by atoms with van der Waals surface area (Å²) < 4.78 is 5.82. The van der Waals surface area contributed by atoms with Gasteiger partial charge < -0.3 is 9.64 Å². The van der Waals surface area contributed by atoms with Gasteiger partial charge in [-0.1, -0.05) is 36.5 Å². The van der Waals surface area contributed by atoms with Crippen molar-refractivity contribution in [3.8, 4) is 5.75 Å². The van der Waals surface area contributed by atoms with E-state index in [1.165, 1.54) is 17.7 Å². The molecule has 0 radical (unpaired) electrons. The number of non-ortho nitro benzene ring substituents is 1. The van der Waals surface area contributed by atoms with E-state index in [-0.39, 0.29) is 17.6 Å². The molecule has 2 aliphatic carbocycles. The Morgan fingerprint density at radius 1 is 1.21 bits per heavy atom. The van der Waals surface area contributed by atoms with Gasteiger partial charge in [-0.05, 0) is 48.6 Å². The van der Waals surface area contributed by atoms with E-state index in [0.29, 0.717) is 16.9 Å². The van der Waals surface area contributed by atoms with Crippen molar-refractivity contribution in [2.45, 2.75) is 26.3 Å². The number of hydrogen-bond acceptors (Lipinski definition) is 5. The predicted molar refractivity (Wildman–Crippen MR) is 110 cm³/mol. The number of allylic oxidation sites excluding steroid dienone is 7. The lowest BCUT2D eigenvalue weighted by Crippen LogP contribution is -2.49. The second-order valence-electron chi connectivity index (χ2n) is 7.53. The Morgan fingerprint density at radius 3 is 2.62 bits per heavy atom. The normalized spacial score (nSPS) is 22.2. The highest BCUT2D eigenvalue weighted by Crippen LogP contribution is 2.41. The Balaban J connectivity index is 1.70. The number of nitro benzene ring substituents is 1. The predicted octanol–water partition coefficient (Wildman–Crippen LogP) is 4.31. The second kappa shape index (κ2) is 7.20. The van der Waals surface area contributed by atoms with E-state index in [9.17, 15) is 14.9 Å². The van der Waals surface area contributed by atoms with Gasteiger partial charge in [0.05, 0.1) is 4.92 Å². The zero-order valence-electron chi connectivity index (χ0n) is 16.6. The van der Waals surface area contributed by atoms with Gasteiger partial charge in [0.15, 0.2) is 0 Å². The van der Waals surface area contributed by atoms with Crippen LogP contribution in [0.1, 0.15) is 17.5 Å². The number of carbonyl (C=O) groups is 1. The number of nitro groups is 1. The van der Waals surface area contributed by atoms with Crippen molar-refractivity contribution in [2.24, 2.45) is 5.92 Å². The van der Waals surface area contributed by atoms with Crippen LogP contribution in [0.25, 0.3) is 0 Å². The third kappa shape index (κ3) is 3.20. The number of likely N-dealkylation sites (N-methyl/N-ethyl adjacent to an activating group) is 1. The first kappa shape index (κ1) is 18.9. The summed E-state index contributed by atoms with van der Waals surface area (Å²) in [5.41, 5.74) is 4.52. The lowest BCUT2D eigenvalue weighted by atomic mass is 9.77. The Hall–Kier alpha value is -3.41. The Morgan fingerprint density at radius 2 is 1.93 bits per heavy atom. The van der Waals surface area contributed by atoms with Gasteiger partial charge >= 0.3 is 5.97 Å². The SMILES string of the molecule is Cc1cc([N+](=O)[O-])cc(C)c1OC(=O)C1C2C=CC=CC2=C2CC=CC=C2N1C. The second-order valence-corrected chi connectivity index (χ2v) is 7.53. The molecule has 2 unspecified atom stereocenters. The number of aryl methyl sites for hydroxylation is 2. The van der Waals surface area contributed by atoms with Crippen LogP contribution < -0.4 is 4.74 Å². The third-order valence-electron chi connectivity index (χ3n) is 5.67. The van der Waals surface area contributed by atoms with Crippen LogP contribution >= 0.6 is 0 Å². The minimum atomic E-state index is -0.512. The van der Waals surface area contributed by atoms with Crippen LogP contribution in [0.3, 0.4) is 0 Å². The highest BCUT2D eigenvalue weighted by Gasteiger charge is 2.41. The van der Waals surface area contributed by atoms with Crippen LogP contribution in [0.4, 0.5) is 5.69 Å². The highest BCUT2D eigenvalue weighted by molar-refractivity contribution is 5.82. The van der Waals surface area contributed by atoms with Crippen LogP contribution in [-0.4, -0.2) is 28.9 Å². The van der Waals surface area contributed by atoms with E-state index in [1.807, 2.05) is 42.3 Å². The maximum absolute atomic E-state index is 13.3. The van der Waals surface area contributed by atoms with Gasteiger partial charge in [0.1, 0.15) is 11.8 Å². The van der Waals surface area contributed by atoms with Gasteiger partial charge in [0.25, 0.3) is 5.69 Å². The summed E-state index contributed by atoms with van der Waals surface area (Å²) in [6.45, 7) is 3.43. The third-order valence-corrected chi connectivity index (χ3v) is 5.67. The van der Waals surface area contributed by atoms with Crippen LogP contribution in [0, 0.1) is 29.9 Å². The van der Waals surface area contributed by atoms with Crippen molar-refractivity contribution in [3.63, 3.8) is 0 Å². The van der Waals surface area contributed by atoms with Crippen molar-refractivity contribution in [1.29, 1.82) is 0 Å². The van der Waals surface area contributed by atoms with Gasteiger partial charge in [0, 0.05) is 30.8 Å². The number of esters is 1. The van der Waals surface area contributed by atoms with Crippen molar-refractivity contribution < 1.29 is 14.5 Å².